The summed E-state index contributed by atoms with van der Waals surface area (Å²) in [7, 11) is 0. The number of aromatic hydroxyl groups is 1. The molecule has 206 valence electrons. The van der Waals surface area contributed by atoms with Gasteiger partial charge in [0.05, 0.1) is 16.0 Å². The van der Waals surface area contributed by atoms with E-state index < -0.39 is 23.0 Å². The molecule has 1 unspecified atom stereocenters. The Morgan fingerprint density at radius 2 is 1.45 bits per heavy atom. The summed E-state index contributed by atoms with van der Waals surface area (Å²) in [5.41, 5.74) is 0.770. The monoisotopic (exact) mass is 566 g/mol. The highest BCUT2D eigenvalue weighted by molar-refractivity contribution is 7.80. The van der Waals surface area contributed by atoms with Crippen molar-refractivity contribution in [3.63, 3.8) is 0 Å². The Kier molecular flexibility index (Phi) is 9.44. The van der Waals surface area contributed by atoms with Crippen LogP contribution in [0.4, 0.5) is 0 Å². The summed E-state index contributed by atoms with van der Waals surface area (Å²) in [4.78, 5) is 38.9. The first-order chi connectivity index (χ1) is 19.3. The number of hydrogen-bond acceptors (Lipinski definition) is 10. The van der Waals surface area contributed by atoms with Gasteiger partial charge in [0.15, 0.2) is 5.75 Å². The van der Waals surface area contributed by atoms with Crippen LogP contribution in [0.15, 0.2) is 95.9 Å². The highest BCUT2D eigenvalue weighted by Crippen LogP contribution is 2.25. The molecule has 0 bridgehead atoms. The first-order valence-electron chi connectivity index (χ1n) is 11.6. The van der Waals surface area contributed by atoms with E-state index in [4.69, 9.17) is 24.0 Å². The predicted molar refractivity (Wildman–Crippen MR) is 139 cm³/mol. The van der Waals surface area contributed by atoms with Crippen LogP contribution in [0.25, 0.3) is 0 Å². The van der Waals surface area contributed by atoms with Gasteiger partial charge in [0, 0.05) is 12.1 Å². The van der Waals surface area contributed by atoms with Crippen LogP contribution in [-0.2, 0) is 34.1 Å². The Labute approximate surface area is 230 Å². The van der Waals surface area contributed by atoms with E-state index in [1.54, 1.807) is 42.5 Å². The molecule has 1 atom stereocenters. The Balaban J connectivity index is 1.38. The molecule has 0 saturated heterocycles. The van der Waals surface area contributed by atoms with Crippen molar-refractivity contribution in [1.29, 1.82) is 0 Å². The van der Waals surface area contributed by atoms with Gasteiger partial charge in [-0.05, 0) is 53.6 Å². The lowest BCUT2D eigenvalue weighted by atomic mass is 10.1. The molecule has 0 amide bonds. The summed E-state index contributed by atoms with van der Waals surface area (Å²) >= 11 is -2.03. The van der Waals surface area contributed by atoms with Crippen molar-refractivity contribution in [3.8, 4) is 23.0 Å². The third kappa shape index (κ3) is 7.42. The van der Waals surface area contributed by atoms with Crippen LogP contribution in [0, 0.1) is 0 Å². The number of phenolic OH excluding ortho intramolecular Hbond substituents is 1. The summed E-state index contributed by atoms with van der Waals surface area (Å²) in [6.45, 7) is 0.0624. The smallest absolute Gasteiger partial charge is 0.344 e. The molecule has 0 aromatic heterocycles. The third-order valence-electron chi connectivity index (χ3n) is 5.35. The minimum absolute atomic E-state index is 0.00566. The van der Waals surface area contributed by atoms with Gasteiger partial charge in [-0.2, -0.15) is 4.89 Å². The summed E-state index contributed by atoms with van der Waals surface area (Å²) < 4.78 is 23.6. The fraction of sp³-hybridized carbons (Fsp3) is 0.0714. The Hall–Kier alpha value is -4.75. The molecule has 4 rings (SSSR count). The van der Waals surface area contributed by atoms with Crippen molar-refractivity contribution in [3.05, 3.63) is 113 Å². The lowest BCUT2D eigenvalue weighted by Crippen LogP contribution is -2.14. The van der Waals surface area contributed by atoms with E-state index in [0.717, 1.165) is 29.3 Å². The van der Waals surface area contributed by atoms with E-state index in [2.05, 4.69) is 4.89 Å². The fourth-order valence-corrected chi connectivity index (χ4v) is 4.25. The van der Waals surface area contributed by atoms with E-state index in [9.17, 15) is 24.0 Å². The third-order valence-corrected chi connectivity index (χ3v) is 6.33. The van der Waals surface area contributed by atoms with Gasteiger partial charge in [0.25, 0.3) is 0 Å². The number of carboxylic acid groups (broad SMARTS) is 1. The number of phenols is 1. The summed E-state index contributed by atoms with van der Waals surface area (Å²) in [5.74, 6) is -2.24. The molecule has 0 aliphatic rings. The van der Waals surface area contributed by atoms with Gasteiger partial charge in [-0.15, -0.1) is 0 Å². The second-order valence-electron chi connectivity index (χ2n) is 8.08. The number of benzene rings is 4. The van der Waals surface area contributed by atoms with E-state index in [-0.39, 0.29) is 52.2 Å². The molecule has 0 saturated carbocycles. The lowest BCUT2D eigenvalue weighted by molar-refractivity contribution is -0.253. The minimum Gasteiger partial charge on any atom is -0.508 e. The number of carbonyl (C=O) groups is 2. The molecule has 40 heavy (non-hydrogen) atoms. The summed E-state index contributed by atoms with van der Waals surface area (Å²) in [6, 6.07) is 22.3. The number of rotatable bonds is 12. The Bertz CT molecular complexity index is 1540. The minimum atomic E-state index is -2.03. The maximum atomic E-state index is 12.9. The number of carbonyl (C=O) groups excluding carboxylic acids is 1. The largest absolute Gasteiger partial charge is 0.508 e. The second kappa shape index (κ2) is 13.4. The summed E-state index contributed by atoms with van der Waals surface area (Å²) in [6.07, 6.45) is 0. The predicted octanol–water partition coefficient (Wildman–Crippen LogP) is 4.91. The maximum absolute atomic E-state index is 12.9. The molecule has 3 N–H and O–H groups in total. The molecule has 0 aliphatic carbocycles. The first-order valence-corrected chi connectivity index (χ1v) is 12.6. The van der Waals surface area contributed by atoms with Gasteiger partial charge in [0.2, 0.25) is 11.1 Å². The molecule has 0 spiro atoms. The number of hydrogen-bond donors (Lipinski definition) is 3. The van der Waals surface area contributed by atoms with Gasteiger partial charge >= 0.3 is 11.9 Å². The van der Waals surface area contributed by atoms with E-state index in [0.29, 0.717) is 0 Å². The molecule has 4 aromatic rings. The maximum Gasteiger partial charge on any atom is 0.344 e. The van der Waals surface area contributed by atoms with Gasteiger partial charge in [-0.1, -0.05) is 36.4 Å². The molecule has 0 fully saturated rings. The van der Waals surface area contributed by atoms with Gasteiger partial charge in [-0.25, -0.2) is 18.7 Å². The number of esters is 1. The molecule has 11 nitrogen and oxygen atoms in total. The van der Waals surface area contributed by atoms with Crippen molar-refractivity contribution in [1.82, 2.24) is 0 Å². The van der Waals surface area contributed by atoms with Crippen molar-refractivity contribution >= 4 is 23.0 Å². The fourth-order valence-electron chi connectivity index (χ4n) is 3.47. The van der Waals surface area contributed by atoms with Crippen LogP contribution in [0.5, 0.6) is 23.0 Å². The van der Waals surface area contributed by atoms with Crippen molar-refractivity contribution in [2.24, 2.45) is 0 Å². The number of carboxylic acids is 1. The number of aromatic carboxylic acids is 1. The lowest BCUT2D eigenvalue weighted by Gasteiger charge is -2.10. The molecular weight excluding hydrogens is 544 g/mol. The van der Waals surface area contributed by atoms with E-state index in [1.807, 2.05) is 0 Å². The van der Waals surface area contributed by atoms with Gasteiger partial charge < -0.3 is 24.0 Å². The molecule has 0 aliphatic heterocycles. The zero-order valence-electron chi connectivity index (χ0n) is 20.6. The Morgan fingerprint density at radius 1 is 0.750 bits per heavy atom. The van der Waals surface area contributed by atoms with Crippen LogP contribution in [0.2, 0.25) is 0 Å². The average molecular weight is 567 g/mol. The highest BCUT2D eigenvalue weighted by Gasteiger charge is 2.20. The normalized spacial score (nSPS) is 11.4. The van der Waals surface area contributed by atoms with E-state index >= 15 is 0 Å². The van der Waals surface area contributed by atoms with Gasteiger partial charge in [0.1, 0.15) is 30.5 Å². The topological polar surface area (TPSA) is 158 Å². The van der Waals surface area contributed by atoms with Crippen molar-refractivity contribution in [2.75, 3.05) is 0 Å². The van der Waals surface area contributed by atoms with Crippen molar-refractivity contribution < 1.29 is 52.9 Å². The molecule has 4 aromatic carbocycles. The number of ether oxygens (including phenoxy) is 1. The van der Waals surface area contributed by atoms with E-state index in [1.165, 1.54) is 30.3 Å². The zero-order valence-corrected chi connectivity index (χ0v) is 21.4. The standard InChI is InChI=1S/C28H22O11S/c29-20-11-12-25(27(30)31)26(13-20)28(32)37-21-7-4-10-24(15-21)40(34)39-23-9-3-8-22(14-23)38-36-17-19-6-2-1-5-18(19)16-35-33/h1-15,29,33H,16-17H2,(H,30,31). The summed E-state index contributed by atoms with van der Waals surface area (Å²) in [5, 5.41) is 27.7. The van der Waals surface area contributed by atoms with Crippen LogP contribution in [-0.4, -0.2) is 31.6 Å². The average Bonchev–Trinajstić information content (AvgIpc) is 2.94. The van der Waals surface area contributed by atoms with Crippen LogP contribution >= 0.6 is 0 Å². The van der Waals surface area contributed by atoms with Crippen LogP contribution < -0.4 is 13.8 Å². The zero-order chi connectivity index (χ0) is 28.5. The van der Waals surface area contributed by atoms with Crippen LogP contribution in [0.3, 0.4) is 0 Å². The molecule has 0 radical (unpaired) electrons. The van der Waals surface area contributed by atoms with Crippen molar-refractivity contribution in [2.45, 2.75) is 18.1 Å². The molecule has 12 heteroatoms. The van der Waals surface area contributed by atoms with Gasteiger partial charge in [-0.3, -0.25) is 5.26 Å². The second-order valence-corrected chi connectivity index (χ2v) is 9.19. The highest BCUT2D eigenvalue weighted by atomic mass is 32.2. The SMILES string of the molecule is O=C(O)c1ccc(O)cc1C(=O)Oc1cccc(S(=O)Oc2cccc(OOCc3ccccc3COO)c2)c1. The Morgan fingerprint density at radius 3 is 2.20 bits per heavy atom. The molecule has 0 heterocycles. The quantitative estimate of drug-likeness (QED) is 0.0926. The van der Waals surface area contributed by atoms with Crippen LogP contribution in [0.1, 0.15) is 31.8 Å². The first kappa shape index (κ1) is 28.3. The molecular formula is C28H22O11S.